The van der Waals surface area contributed by atoms with Gasteiger partial charge in [0.05, 0.1) is 15.7 Å². The summed E-state index contributed by atoms with van der Waals surface area (Å²) in [5, 5.41) is 9.75. The van der Waals surface area contributed by atoms with Crippen LogP contribution in [-0.4, -0.2) is 52.5 Å². The number of aromatic nitrogens is 4. The number of anilines is 4. The zero-order valence-corrected chi connectivity index (χ0v) is 22.6. The minimum atomic E-state index is 0.0466. The van der Waals surface area contributed by atoms with Crippen LogP contribution >= 0.6 is 11.3 Å². The number of carbonyl (C=O) groups excluding carboxylic acids is 1. The van der Waals surface area contributed by atoms with Crippen LogP contribution in [0.25, 0.3) is 10.2 Å². The van der Waals surface area contributed by atoms with Crippen molar-refractivity contribution in [2.45, 2.75) is 46.0 Å². The van der Waals surface area contributed by atoms with Crippen LogP contribution in [0.1, 0.15) is 46.0 Å². The van der Waals surface area contributed by atoms with E-state index in [1.165, 1.54) is 19.3 Å². The van der Waals surface area contributed by atoms with Gasteiger partial charge in [-0.25, -0.2) is 4.98 Å². The molecule has 4 aliphatic rings. The van der Waals surface area contributed by atoms with Crippen molar-refractivity contribution in [3.8, 4) is 0 Å². The third-order valence-electron chi connectivity index (χ3n) is 9.13. The predicted octanol–water partition coefficient (Wildman–Crippen LogP) is 4.67. The normalized spacial score (nSPS) is 24.9. The predicted molar refractivity (Wildman–Crippen MR) is 148 cm³/mol. The Kier molecular flexibility index (Phi) is 6.38. The number of nitrogens with zero attached hydrogens (tertiary/aromatic N) is 5. The zero-order chi connectivity index (χ0) is 25.6. The highest BCUT2D eigenvalue weighted by molar-refractivity contribution is 7.16. The molecule has 9 nitrogen and oxygen atoms in total. The zero-order valence-electron chi connectivity index (χ0n) is 21.8. The first kappa shape index (κ1) is 24.3. The van der Waals surface area contributed by atoms with E-state index < -0.39 is 0 Å². The minimum Gasteiger partial charge on any atom is -0.359 e. The Labute approximate surface area is 221 Å². The summed E-state index contributed by atoms with van der Waals surface area (Å²) in [5.74, 6) is 4.26. The first-order chi connectivity index (χ1) is 17.9. The number of rotatable bonds is 7. The van der Waals surface area contributed by atoms with Gasteiger partial charge in [0.25, 0.3) is 0 Å². The van der Waals surface area contributed by atoms with Crippen LogP contribution in [0.5, 0.6) is 0 Å². The van der Waals surface area contributed by atoms with Gasteiger partial charge in [0.15, 0.2) is 0 Å². The topological polar surface area (TPSA) is 108 Å². The molecule has 1 unspecified atom stereocenters. The molecule has 2 bridgehead atoms. The van der Waals surface area contributed by atoms with Gasteiger partial charge >= 0.3 is 0 Å². The second-order valence-corrected chi connectivity index (χ2v) is 12.3. The highest BCUT2D eigenvalue weighted by atomic mass is 32.1. The van der Waals surface area contributed by atoms with Gasteiger partial charge in [-0.05, 0) is 73.5 Å². The van der Waals surface area contributed by atoms with E-state index in [4.69, 9.17) is 15.0 Å². The molecule has 4 fully saturated rings. The molecule has 3 aromatic rings. The summed E-state index contributed by atoms with van der Waals surface area (Å²) >= 11 is 1.62. The molecule has 1 aromatic carbocycles. The first-order valence-electron chi connectivity index (χ1n) is 13.5. The van der Waals surface area contributed by atoms with Gasteiger partial charge in [-0.2, -0.15) is 15.0 Å². The van der Waals surface area contributed by atoms with Gasteiger partial charge in [0, 0.05) is 38.3 Å². The van der Waals surface area contributed by atoms with E-state index >= 15 is 0 Å². The Morgan fingerprint density at radius 2 is 1.92 bits per heavy atom. The molecule has 7 rings (SSSR count). The molecule has 37 heavy (non-hydrogen) atoms. The molecule has 196 valence electrons. The smallest absolute Gasteiger partial charge is 0.233 e. The lowest BCUT2D eigenvalue weighted by Gasteiger charge is -2.60. The molecule has 1 aliphatic heterocycles. The van der Waals surface area contributed by atoms with Crippen LogP contribution in [0.4, 0.5) is 23.5 Å². The Morgan fingerprint density at radius 1 is 1.11 bits per heavy atom. The van der Waals surface area contributed by atoms with Crippen molar-refractivity contribution in [2.75, 3.05) is 42.2 Å². The highest BCUT2D eigenvalue weighted by Crippen LogP contribution is 2.61. The molecule has 0 radical (unpaired) electrons. The second kappa shape index (κ2) is 9.70. The Balaban J connectivity index is 1.22. The quantitative estimate of drug-likeness (QED) is 0.412. The lowest BCUT2D eigenvalue weighted by Crippen LogP contribution is -2.53. The second-order valence-electron chi connectivity index (χ2n) is 11.4. The van der Waals surface area contributed by atoms with E-state index in [1.807, 2.05) is 17.6 Å². The number of benzene rings is 1. The molecule has 3 saturated carbocycles. The first-order valence-corrected chi connectivity index (χ1v) is 14.4. The average molecular weight is 521 g/mol. The largest absolute Gasteiger partial charge is 0.359 e. The molecule has 1 amide bonds. The van der Waals surface area contributed by atoms with E-state index in [1.54, 1.807) is 18.4 Å². The minimum absolute atomic E-state index is 0.0466. The number of carbonyl (C=O) groups is 1. The van der Waals surface area contributed by atoms with Crippen LogP contribution < -0.4 is 20.9 Å². The Morgan fingerprint density at radius 3 is 2.68 bits per heavy atom. The highest BCUT2D eigenvalue weighted by Gasteiger charge is 2.53. The number of hydrogen-bond acceptors (Lipinski definition) is 9. The van der Waals surface area contributed by atoms with Crippen LogP contribution in [-0.2, 0) is 4.79 Å². The standard InChI is InChI=1S/C27H36N8OS/c1-27(2)18-5-4-17(20(27)12-18)14-29-24-32-25(31-19-6-7-21-22(13-19)37-15-30-21)34-26(33-24)35-10-8-16(9-11-35)23(36)28-3/h6-7,13,15-18,20H,4-5,8-12,14H2,1-3H3,(H,28,36)(H2,29,31,32,33,34)/t17-,18+,20?/m0/s1. The number of hydrogen-bond donors (Lipinski definition) is 3. The molecule has 3 aliphatic carbocycles. The van der Waals surface area contributed by atoms with Crippen LogP contribution in [0.15, 0.2) is 23.7 Å². The monoisotopic (exact) mass is 520 g/mol. The number of fused-ring (bicyclic) bond motifs is 3. The van der Waals surface area contributed by atoms with E-state index in [2.05, 4.69) is 45.7 Å². The maximum atomic E-state index is 12.1. The van der Waals surface area contributed by atoms with E-state index in [9.17, 15) is 4.79 Å². The van der Waals surface area contributed by atoms with Crippen molar-refractivity contribution in [3.63, 3.8) is 0 Å². The fourth-order valence-electron chi connectivity index (χ4n) is 6.68. The molecule has 0 spiro atoms. The van der Waals surface area contributed by atoms with E-state index in [-0.39, 0.29) is 11.8 Å². The third kappa shape index (κ3) is 4.71. The lowest BCUT2D eigenvalue weighted by molar-refractivity contribution is -0.125. The van der Waals surface area contributed by atoms with Gasteiger partial charge in [-0.1, -0.05) is 13.8 Å². The molecular formula is C27H36N8OS. The van der Waals surface area contributed by atoms with Crippen molar-refractivity contribution in [2.24, 2.45) is 29.1 Å². The number of amides is 1. The van der Waals surface area contributed by atoms with Crippen molar-refractivity contribution in [1.82, 2.24) is 25.3 Å². The lowest BCUT2D eigenvalue weighted by atomic mass is 9.45. The average Bonchev–Trinajstić information content (AvgIpc) is 3.39. The number of nitrogens with one attached hydrogen (secondary N) is 3. The summed E-state index contributed by atoms with van der Waals surface area (Å²) in [5.41, 5.74) is 4.22. The summed E-state index contributed by atoms with van der Waals surface area (Å²) < 4.78 is 1.12. The summed E-state index contributed by atoms with van der Waals surface area (Å²) in [7, 11) is 1.71. The SMILES string of the molecule is CNC(=O)C1CCN(c2nc(NC[C@@H]3CC[C@@H]4CC3C4(C)C)nc(Nc3ccc4ncsc4c3)n2)CC1. The molecule has 2 aromatic heterocycles. The van der Waals surface area contributed by atoms with Gasteiger partial charge in [-0.3, -0.25) is 4.79 Å². The van der Waals surface area contributed by atoms with Crippen LogP contribution in [0.2, 0.25) is 0 Å². The summed E-state index contributed by atoms with van der Waals surface area (Å²) in [6.07, 6.45) is 5.54. The van der Waals surface area contributed by atoms with Gasteiger partial charge in [-0.15, -0.1) is 11.3 Å². The molecular weight excluding hydrogens is 484 g/mol. The van der Waals surface area contributed by atoms with Crippen molar-refractivity contribution < 1.29 is 4.79 Å². The Hall–Kier alpha value is -3.01. The van der Waals surface area contributed by atoms with E-state index in [0.717, 1.165) is 60.2 Å². The van der Waals surface area contributed by atoms with Crippen molar-refractivity contribution in [3.05, 3.63) is 23.7 Å². The van der Waals surface area contributed by atoms with Gasteiger partial charge < -0.3 is 20.9 Å². The third-order valence-corrected chi connectivity index (χ3v) is 9.92. The molecule has 10 heteroatoms. The van der Waals surface area contributed by atoms with Crippen molar-refractivity contribution >= 4 is 51.0 Å². The summed E-state index contributed by atoms with van der Waals surface area (Å²) in [4.78, 5) is 33.0. The number of thiazole rings is 1. The van der Waals surface area contributed by atoms with Crippen LogP contribution in [0.3, 0.4) is 0 Å². The molecule has 3 atom stereocenters. The van der Waals surface area contributed by atoms with Gasteiger partial charge in [0.1, 0.15) is 0 Å². The fourth-order valence-corrected chi connectivity index (χ4v) is 7.39. The number of piperidine rings is 1. The molecule has 3 N–H and O–H groups in total. The fraction of sp³-hybridized carbons (Fsp3) is 0.593. The molecule has 3 heterocycles. The van der Waals surface area contributed by atoms with Crippen molar-refractivity contribution in [1.29, 1.82) is 0 Å². The van der Waals surface area contributed by atoms with E-state index in [0.29, 0.717) is 29.2 Å². The Bertz CT molecular complexity index is 1280. The molecule has 1 saturated heterocycles. The summed E-state index contributed by atoms with van der Waals surface area (Å²) in [6, 6.07) is 6.09. The van der Waals surface area contributed by atoms with Gasteiger partial charge in [0.2, 0.25) is 23.8 Å². The van der Waals surface area contributed by atoms with Crippen LogP contribution in [0, 0.1) is 29.1 Å². The summed E-state index contributed by atoms with van der Waals surface area (Å²) in [6.45, 7) is 7.24. The maximum absolute atomic E-state index is 12.1. The maximum Gasteiger partial charge on any atom is 0.233 e.